The predicted octanol–water partition coefficient (Wildman–Crippen LogP) is 3.49. The molecule has 1 radical (unpaired) electrons. The van der Waals surface area contributed by atoms with E-state index in [9.17, 15) is 4.79 Å². The maximum Gasteiger partial charge on any atom is 0.237 e. The van der Waals surface area contributed by atoms with Crippen molar-refractivity contribution >= 4 is 6.29 Å². The summed E-state index contributed by atoms with van der Waals surface area (Å²) in [5.74, 6) is 0.646. The van der Waals surface area contributed by atoms with Crippen molar-refractivity contribution in [2.24, 2.45) is 0 Å². The Morgan fingerprint density at radius 1 is 1.12 bits per heavy atom. The Hall–Kier alpha value is -1.31. The molecule has 0 saturated heterocycles. The fraction of sp³-hybridized carbons (Fsp3) is 0.500. The van der Waals surface area contributed by atoms with Crippen molar-refractivity contribution in [3.05, 3.63) is 29.8 Å². The van der Waals surface area contributed by atoms with E-state index in [-0.39, 0.29) is 0 Å². The quantitative estimate of drug-likeness (QED) is 0.625. The first-order valence-electron chi connectivity index (χ1n) is 5.98. The molecule has 0 heterocycles. The van der Waals surface area contributed by atoms with Crippen molar-refractivity contribution in [2.75, 3.05) is 6.61 Å². The highest BCUT2D eigenvalue weighted by molar-refractivity contribution is 5.79. The van der Waals surface area contributed by atoms with E-state index >= 15 is 0 Å². The molecular weight excluding hydrogens is 200 g/mol. The molecule has 0 spiro atoms. The maximum absolute atomic E-state index is 10.6. The van der Waals surface area contributed by atoms with Crippen molar-refractivity contribution in [1.29, 1.82) is 0 Å². The van der Waals surface area contributed by atoms with Crippen LogP contribution >= 0.6 is 0 Å². The molecule has 0 aliphatic rings. The van der Waals surface area contributed by atoms with E-state index in [0.717, 1.165) is 6.42 Å². The summed E-state index contributed by atoms with van der Waals surface area (Å²) < 4.78 is 5.55. The van der Waals surface area contributed by atoms with Gasteiger partial charge in [-0.15, -0.1) is 0 Å². The summed E-state index contributed by atoms with van der Waals surface area (Å²) in [4.78, 5) is 10.6. The second kappa shape index (κ2) is 7.91. The lowest BCUT2D eigenvalue weighted by atomic mass is 10.2. The molecule has 0 N–H and O–H groups in total. The number of hydrogen-bond donors (Lipinski definition) is 0. The molecule has 0 aromatic heterocycles. The minimum absolute atomic E-state index is 0.510. The van der Waals surface area contributed by atoms with Gasteiger partial charge in [-0.25, -0.2) is 0 Å². The number of para-hydroxylation sites is 1. The summed E-state index contributed by atoms with van der Waals surface area (Å²) in [6, 6.07) is 7.22. The lowest BCUT2D eigenvalue weighted by Gasteiger charge is -2.07. The van der Waals surface area contributed by atoms with Gasteiger partial charge in [0.1, 0.15) is 5.75 Å². The van der Waals surface area contributed by atoms with Gasteiger partial charge < -0.3 is 4.74 Å². The van der Waals surface area contributed by atoms with Gasteiger partial charge in [0.25, 0.3) is 0 Å². The number of hydrogen-bond acceptors (Lipinski definition) is 2. The van der Waals surface area contributed by atoms with Crippen LogP contribution < -0.4 is 4.74 Å². The summed E-state index contributed by atoms with van der Waals surface area (Å²) in [5.41, 5.74) is 0.510. The lowest BCUT2D eigenvalue weighted by molar-refractivity contribution is 0.304. The number of rotatable bonds is 8. The molecule has 0 aliphatic carbocycles. The molecule has 1 rings (SSSR count). The fourth-order valence-corrected chi connectivity index (χ4v) is 1.56. The molecular formula is C14H19O2. The Kier molecular flexibility index (Phi) is 6.31. The van der Waals surface area contributed by atoms with Gasteiger partial charge in [-0.1, -0.05) is 44.7 Å². The zero-order valence-corrected chi connectivity index (χ0v) is 9.87. The molecule has 0 saturated carbocycles. The van der Waals surface area contributed by atoms with Crippen LogP contribution in [0.3, 0.4) is 0 Å². The Morgan fingerprint density at radius 3 is 2.62 bits per heavy atom. The van der Waals surface area contributed by atoms with Gasteiger partial charge in [-0.05, 0) is 18.6 Å². The van der Waals surface area contributed by atoms with E-state index in [0.29, 0.717) is 17.9 Å². The third-order valence-electron chi connectivity index (χ3n) is 2.50. The van der Waals surface area contributed by atoms with Crippen LogP contribution in [0, 0.1) is 0 Å². The molecule has 0 unspecified atom stereocenters. The van der Waals surface area contributed by atoms with Crippen LogP contribution in [0.2, 0.25) is 0 Å². The minimum atomic E-state index is 0.510. The van der Waals surface area contributed by atoms with E-state index in [1.807, 2.05) is 24.5 Å². The Morgan fingerprint density at radius 2 is 1.88 bits per heavy atom. The standard InChI is InChI=1S/C14H19O2/c1-2-3-4-5-8-11-16-14-10-7-6-9-13(14)12-15/h6-7,9-10H,2-5,8,11H2,1H3. The molecule has 0 fully saturated rings. The average Bonchev–Trinajstić information content (AvgIpc) is 2.34. The summed E-state index contributed by atoms with van der Waals surface area (Å²) in [5, 5.41) is 0. The molecule has 2 nitrogen and oxygen atoms in total. The number of carbonyl (C=O) groups excluding carboxylic acids is 1. The Labute approximate surface area is 97.6 Å². The number of benzene rings is 1. The smallest absolute Gasteiger partial charge is 0.237 e. The molecule has 87 valence electrons. The molecule has 0 aliphatic heterocycles. The van der Waals surface area contributed by atoms with Crippen molar-refractivity contribution < 1.29 is 9.53 Å². The molecule has 0 amide bonds. The van der Waals surface area contributed by atoms with Crippen molar-refractivity contribution in [1.82, 2.24) is 0 Å². The van der Waals surface area contributed by atoms with Crippen LogP contribution in [0.15, 0.2) is 24.3 Å². The fourth-order valence-electron chi connectivity index (χ4n) is 1.56. The van der Waals surface area contributed by atoms with Crippen LogP contribution in [0.25, 0.3) is 0 Å². The van der Waals surface area contributed by atoms with Crippen molar-refractivity contribution in [2.45, 2.75) is 39.0 Å². The monoisotopic (exact) mass is 219 g/mol. The van der Waals surface area contributed by atoms with E-state index in [1.54, 1.807) is 6.07 Å². The lowest BCUT2D eigenvalue weighted by Crippen LogP contribution is -1.99. The summed E-state index contributed by atoms with van der Waals surface area (Å²) in [7, 11) is 0. The normalized spacial score (nSPS) is 10.1. The van der Waals surface area contributed by atoms with E-state index in [1.165, 1.54) is 25.7 Å². The maximum atomic E-state index is 10.6. The van der Waals surface area contributed by atoms with Crippen LogP contribution in [-0.2, 0) is 4.79 Å². The Balaban J connectivity index is 2.23. The second-order valence-corrected chi connectivity index (χ2v) is 3.86. The van der Waals surface area contributed by atoms with Crippen LogP contribution in [0.1, 0.15) is 44.6 Å². The van der Waals surface area contributed by atoms with Gasteiger partial charge in [-0.3, -0.25) is 4.79 Å². The largest absolute Gasteiger partial charge is 0.493 e. The second-order valence-electron chi connectivity index (χ2n) is 3.86. The summed E-state index contributed by atoms with van der Waals surface area (Å²) in [6.45, 7) is 2.88. The summed E-state index contributed by atoms with van der Waals surface area (Å²) in [6.07, 6.45) is 7.94. The van der Waals surface area contributed by atoms with E-state index in [2.05, 4.69) is 6.92 Å². The third-order valence-corrected chi connectivity index (χ3v) is 2.50. The first kappa shape index (κ1) is 12.8. The molecule has 16 heavy (non-hydrogen) atoms. The topological polar surface area (TPSA) is 26.3 Å². The highest BCUT2D eigenvalue weighted by Gasteiger charge is 2.01. The van der Waals surface area contributed by atoms with Crippen molar-refractivity contribution in [3.63, 3.8) is 0 Å². The zero-order chi connectivity index (χ0) is 11.6. The minimum Gasteiger partial charge on any atom is -0.493 e. The summed E-state index contributed by atoms with van der Waals surface area (Å²) >= 11 is 0. The molecule has 2 heteroatoms. The number of ether oxygens (including phenoxy) is 1. The first-order valence-corrected chi connectivity index (χ1v) is 5.98. The van der Waals surface area contributed by atoms with E-state index in [4.69, 9.17) is 4.74 Å². The van der Waals surface area contributed by atoms with Gasteiger partial charge in [0.2, 0.25) is 6.29 Å². The third kappa shape index (κ3) is 4.47. The molecule has 0 bridgehead atoms. The Bertz CT molecular complexity index is 307. The van der Waals surface area contributed by atoms with Gasteiger partial charge in [-0.2, -0.15) is 0 Å². The van der Waals surface area contributed by atoms with Crippen LogP contribution in [0.5, 0.6) is 5.75 Å². The van der Waals surface area contributed by atoms with Gasteiger partial charge in [0.15, 0.2) is 0 Å². The number of unbranched alkanes of at least 4 members (excludes halogenated alkanes) is 4. The SMILES string of the molecule is CCCCCCCOc1ccccc1[C]=O. The molecule has 0 atom stereocenters. The van der Waals surface area contributed by atoms with Crippen LogP contribution in [0.4, 0.5) is 0 Å². The van der Waals surface area contributed by atoms with Gasteiger partial charge >= 0.3 is 0 Å². The van der Waals surface area contributed by atoms with Crippen LogP contribution in [-0.4, -0.2) is 12.9 Å². The van der Waals surface area contributed by atoms with Gasteiger partial charge in [0.05, 0.1) is 12.2 Å². The molecule has 1 aromatic rings. The van der Waals surface area contributed by atoms with E-state index < -0.39 is 0 Å². The average molecular weight is 219 g/mol. The van der Waals surface area contributed by atoms with Crippen molar-refractivity contribution in [3.8, 4) is 5.75 Å². The molecule has 1 aromatic carbocycles. The zero-order valence-electron chi connectivity index (χ0n) is 9.87. The predicted molar refractivity (Wildman–Crippen MR) is 65.5 cm³/mol. The van der Waals surface area contributed by atoms with Gasteiger partial charge in [0, 0.05) is 0 Å². The highest BCUT2D eigenvalue weighted by Crippen LogP contribution is 2.16. The highest BCUT2D eigenvalue weighted by atomic mass is 16.5. The first-order chi connectivity index (χ1) is 7.88.